The molecule has 5 N–H and O–H groups in total. The van der Waals surface area contributed by atoms with Crippen molar-refractivity contribution in [3.05, 3.63) is 0 Å². The monoisotopic (exact) mass is 243 g/mol. The molecular weight excluding hydrogens is 226 g/mol. The van der Waals surface area contributed by atoms with Gasteiger partial charge in [0.25, 0.3) is 0 Å². The van der Waals surface area contributed by atoms with Gasteiger partial charge in [0, 0.05) is 0 Å². The van der Waals surface area contributed by atoms with Gasteiger partial charge in [-0.05, 0) is 25.3 Å². The average Bonchev–Trinajstić information content (AvgIpc) is 2.64. The van der Waals surface area contributed by atoms with Crippen LogP contribution in [0.5, 0.6) is 0 Å². The molecule has 96 valence electrons. The quantitative estimate of drug-likeness (QED) is 0.507. The standard InChI is InChI=1S/C10H17N3O4/c11-10(17)13-8(14)5-12-4-6-2-1-3-7(6)9(15)16/h6-7,12H,1-5H2,(H,15,16)(H3,11,13,14,17). The smallest absolute Gasteiger partial charge is 0.318 e. The number of primary amides is 1. The van der Waals surface area contributed by atoms with Gasteiger partial charge in [0.1, 0.15) is 0 Å². The average molecular weight is 243 g/mol. The van der Waals surface area contributed by atoms with Gasteiger partial charge in [-0.2, -0.15) is 0 Å². The fourth-order valence-corrected chi connectivity index (χ4v) is 2.16. The van der Waals surface area contributed by atoms with E-state index in [2.05, 4.69) is 5.32 Å². The minimum absolute atomic E-state index is 0.0359. The number of nitrogens with two attached hydrogens (primary N) is 1. The van der Waals surface area contributed by atoms with Crippen molar-refractivity contribution in [3.63, 3.8) is 0 Å². The molecule has 0 aromatic heterocycles. The van der Waals surface area contributed by atoms with Crippen LogP contribution in [-0.4, -0.2) is 36.1 Å². The Kier molecular flexibility index (Phi) is 4.89. The second kappa shape index (κ2) is 6.19. The summed E-state index contributed by atoms with van der Waals surface area (Å²) in [5, 5.41) is 13.7. The van der Waals surface area contributed by atoms with Crippen molar-refractivity contribution in [2.24, 2.45) is 17.6 Å². The number of nitrogens with one attached hydrogen (secondary N) is 2. The van der Waals surface area contributed by atoms with Crippen LogP contribution in [0.25, 0.3) is 0 Å². The van der Waals surface area contributed by atoms with Crippen LogP contribution in [0.15, 0.2) is 0 Å². The summed E-state index contributed by atoms with van der Waals surface area (Å²) in [7, 11) is 0. The molecule has 0 heterocycles. The topological polar surface area (TPSA) is 122 Å². The summed E-state index contributed by atoms with van der Waals surface area (Å²) in [5.74, 6) is -1.58. The van der Waals surface area contributed by atoms with Crippen molar-refractivity contribution in [2.45, 2.75) is 19.3 Å². The summed E-state index contributed by atoms with van der Waals surface area (Å²) < 4.78 is 0. The van der Waals surface area contributed by atoms with Gasteiger partial charge in [-0.15, -0.1) is 0 Å². The lowest BCUT2D eigenvalue weighted by molar-refractivity contribution is -0.142. The first-order valence-corrected chi connectivity index (χ1v) is 5.53. The number of carboxylic acids is 1. The van der Waals surface area contributed by atoms with Crippen LogP contribution in [0.1, 0.15) is 19.3 Å². The zero-order valence-electron chi connectivity index (χ0n) is 9.44. The molecule has 0 radical (unpaired) electrons. The molecule has 0 aromatic rings. The van der Waals surface area contributed by atoms with E-state index in [0.717, 1.165) is 12.8 Å². The molecule has 1 aliphatic rings. The number of hydrogen-bond acceptors (Lipinski definition) is 4. The predicted octanol–water partition coefficient (Wildman–Crippen LogP) is -0.728. The third kappa shape index (κ3) is 4.39. The number of hydrogen-bond donors (Lipinski definition) is 4. The lowest BCUT2D eigenvalue weighted by Crippen LogP contribution is -2.42. The minimum Gasteiger partial charge on any atom is -0.481 e. The maximum atomic E-state index is 11.1. The number of imide groups is 1. The highest BCUT2D eigenvalue weighted by atomic mass is 16.4. The van der Waals surface area contributed by atoms with Crippen molar-refractivity contribution in [2.75, 3.05) is 13.1 Å². The largest absolute Gasteiger partial charge is 0.481 e. The summed E-state index contributed by atoms with van der Waals surface area (Å²) in [6.07, 6.45) is 2.44. The number of urea groups is 1. The van der Waals surface area contributed by atoms with E-state index in [-0.39, 0.29) is 18.4 Å². The molecule has 0 bridgehead atoms. The highest BCUT2D eigenvalue weighted by Crippen LogP contribution is 2.31. The second-order valence-electron chi connectivity index (χ2n) is 4.18. The van der Waals surface area contributed by atoms with E-state index in [1.165, 1.54) is 0 Å². The van der Waals surface area contributed by atoms with Gasteiger partial charge < -0.3 is 16.2 Å². The van der Waals surface area contributed by atoms with E-state index in [4.69, 9.17) is 10.8 Å². The summed E-state index contributed by atoms with van der Waals surface area (Å²) in [5.41, 5.74) is 4.77. The first kappa shape index (κ1) is 13.4. The Morgan fingerprint density at radius 2 is 2.00 bits per heavy atom. The molecular formula is C10H17N3O4. The lowest BCUT2D eigenvalue weighted by atomic mass is 9.96. The Morgan fingerprint density at radius 3 is 2.59 bits per heavy atom. The molecule has 2 unspecified atom stereocenters. The Balaban J connectivity index is 2.24. The summed E-state index contributed by atoms with van der Waals surface area (Å²) >= 11 is 0. The molecule has 1 rings (SSSR count). The number of aliphatic carboxylic acids is 1. The van der Waals surface area contributed by atoms with E-state index in [0.29, 0.717) is 13.0 Å². The fraction of sp³-hybridized carbons (Fsp3) is 0.700. The van der Waals surface area contributed by atoms with Crippen LogP contribution in [0.3, 0.4) is 0 Å². The Bertz CT molecular complexity index is 319. The van der Waals surface area contributed by atoms with Crippen LogP contribution >= 0.6 is 0 Å². The molecule has 0 spiro atoms. The zero-order chi connectivity index (χ0) is 12.8. The predicted molar refractivity (Wildman–Crippen MR) is 59.1 cm³/mol. The summed E-state index contributed by atoms with van der Waals surface area (Å²) in [6, 6.07) is -0.888. The second-order valence-corrected chi connectivity index (χ2v) is 4.18. The minimum atomic E-state index is -0.888. The molecule has 1 saturated carbocycles. The maximum Gasteiger partial charge on any atom is 0.318 e. The highest BCUT2D eigenvalue weighted by molar-refractivity contribution is 5.94. The first-order chi connectivity index (χ1) is 8.00. The van der Waals surface area contributed by atoms with Gasteiger partial charge in [0.2, 0.25) is 5.91 Å². The van der Waals surface area contributed by atoms with Crippen LogP contribution in [0.2, 0.25) is 0 Å². The first-order valence-electron chi connectivity index (χ1n) is 5.53. The molecule has 0 aliphatic heterocycles. The van der Waals surface area contributed by atoms with Gasteiger partial charge in [0.05, 0.1) is 12.5 Å². The number of carbonyl (C=O) groups is 3. The van der Waals surface area contributed by atoms with E-state index < -0.39 is 17.9 Å². The molecule has 3 amide bonds. The molecule has 0 aromatic carbocycles. The van der Waals surface area contributed by atoms with Gasteiger partial charge >= 0.3 is 12.0 Å². The van der Waals surface area contributed by atoms with Gasteiger partial charge in [-0.25, -0.2) is 4.79 Å². The maximum absolute atomic E-state index is 11.1. The lowest BCUT2D eigenvalue weighted by Gasteiger charge is -2.15. The van der Waals surface area contributed by atoms with Crippen molar-refractivity contribution < 1.29 is 19.5 Å². The van der Waals surface area contributed by atoms with Crippen LogP contribution in [0.4, 0.5) is 4.79 Å². The molecule has 1 aliphatic carbocycles. The number of amides is 3. The van der Waals surface area contributed by atoms with Crippen LogP contribution < -0.4 is 16.4 Å². The summed E-state index contributed by atoms with van der Waals surface area (Å²) in [4.78, 5) is 32.3. The Labute approximate surface area is 98.7 Å². The fourth-order valence-electron chi connectivity index (χ4n) is 2.16. The molecule has 1 fully saturated rings. The van der Waals surface area contributed by atoms with Gasteiger partial charge in [-0.1, -0.05) is 6.42 Å². The van der Waals surface area contributed by atoms with Gasteiger partial charge in [0.15, 0.2) is 0 Å². The van der Waals surface area contributed by atoms with Gasteiger partial charge in [-0.3, -0.25) is 14.9 Å². The van der Waals surface area contributed by atoms with Crippen LogP contribution in [-0.2, 0) is 9.59 Å². The molecule has 2 atom stereocenters. The number of carboxylic acid groups (broad SMARTS) is 1. The zero-order valence-corrected chi connectivity index (χ0v) is 9.44. The SMILES string of the molecule is NC(=O)NC(=O)CNCC1CCCC1C(=O)O. The molecule has 7 nitrogen and oxygen atoms in total. The third-order valence-electron chi connectivity index (χ3n) is 2.93. The van der Waals surface area contributed by atoms with Crippen molar-refractivity contribution >= 4 is 17.9 Å². The van der Waals surface area contributed by atoms with Crippen molar-refractivity contribution in [3.8, 4) is 0 Å². The van der Waals surface area contributed by atoms with E-state index in [1.54, 1.807) is 0 Å². The number of carbonyl (C=O) groups excluding carboxylic acids is 2. The van der Waals surface area contributed by atoms with E-state index in [9.17, 15) is 14.4 Å². The normalized spacial score (nSPS) is 23.3. The molecule has 7 heteroatoms. The highest BCUT2D eigenvalue weighted by Gasteiger charge is 2.32. The third-order valence-corrected chi connectivity index (χ3v) is 2.93. The Hall–Kier alpha value is -1.63. The van der Waals surface area contributed by atoms with E-state index in [1.807, 2.05) is 5.32 Å². The Morgan fingerprint density at radius 1 is 1.29 bits per heavy atom. The number of rotatable bonds is 5. The molecule has 17 heavy (non-hydrogen) atoms. The molecule has 0 saturated heterocycles. The summed E-state index contributed by atoms with van der Waals surface area (Å²) in [6.45, 7) is 0.426. The van der Waals surface area contributed by atoms with Crippen LogP contribution in [0, 0.1) is 11.8 Å². The van der Waals surface area contributed by atoms with Crippen molar-refractivity contribution in [1.29, 1.82) is 0 Å². The van der Waals surface area contributed by atoms with E-state index >= 15 is 0 Å². The van der Waals surface area contributed by atoms with Crippen molar-refractivity contribution in [1.82, 2.24) is 10.6 Å².